The first-order valence-electron chi connectivity index (χ1n) is 0. The van der Waals surface area contributed by atoms with E-state index in [1.807, 2.05) is 0 Å². The van der Waals surface area contributed by atoms with E-state index >= 15 is 0 Å². The third kappa shape index (κ3) is 11.2. The van der Waals surface area contributed by atoms with Gasteiger partial charge in [-0.3, -0.25) is 0 Å². The van der Waals surface area contributed by atoms with E-state index in [9.17, 15) is 0 Å². The predicted octanol–water partition coefficient (Wildman–Crippen LogP) is -8.99. The molecule has 0 aromatic rings. The van der Waals surface area contributed by atoms with E-state index in [0.717, 1.165) is 0 Å². The van der Waals surface area contributed by atoms with E-state index in [2.05, 4.69) is 0 Å². The Bertz CT molecular complexity index is 3.25. The quantitative estimate of drug-likeness (QED) is 0.415. The molecular weight excluding hydrogens is 289 g/mol. The molecule has 0 saturated heterocycles. The van der Waals surface area contributed by atoms with Gasteiger partial charge in [0.05, 0.1) is 0 Å². The molecule has 0 atom stereocenters. The molecule has 28 valence electrons. The molecule has 0 N–H and O–H groups in total. The summed E-state index contributed by atoms with van der Waals surface area (Å²) in [7, 11) is 0. The fraction of sp³-hybridized carbons (Fsp3) is 0. The largest absolute Gasteiger partial charge is 1.00 e. The fourth-order valence-electron chi connectivity index (χ4n) is 0. The second-order valence-corrected chi connectivity index (χ2v) is 0. The number of hydrogen-bond donors (Lipinski definition) is 0. The summed E-state index contributed by atoms with van der Waals surface area (Å²) in [5.74, 6) is 0. The van der Waals surface area contributed by atoms with Crippen molar-refractivity contribution in [2.24, 2.45) is 0 Å². The van der Waals surface area contributed by atoms with Crippen molar-refractivity contribution in [3.63, 3.8) is 0 Å². The van der Waals surface area contributed by atoms with Crippen molar-refractivity contribution < 1.29 is 54.1 Å². The van der Waals surface area contributed by atoms with Crippen LogP contribution in [0.1, 0.15) is 0 Å². The molecule has 0 spiro atoms. The average molecular weight is 289 g/mol. The van der Waals surface area contributed by atoms with Crippen LogP contribution in [0.25, 0.3) is 0 Å². The molecule has 0 heterocycles. The molecule has 0 radical (unpaired) electrons. The van der Waals surface area contributed by atoms with Crippen LogP contribution in [0.15, 0.2) is 0 Å². The second-order valence-electron chi connectivity index (χ2n) is 0. The minimum Gasteiger partial charge on any atom is -1.00 e. The van der Waals surface area contributed by atoms with E-state index in [1.54, 1.807) is 0 Å². The molecule has 0 rings (SSSR count). The Kier molecular flexibility index (Phi) is 560. The van der Waals surface area contributed by atoms with E-state index in [1.165, 1.54) is 0 Å². The SMILES string of the molecule is [F-].[F-].[F-].[Th]. The molecule has 4 heavy (non-hydrogen) atoms. The first-order valence-corrected chi connectivity index (χ1v) is 0. The molecule has 0 saturated carbocycles. The Morgan fingerprint density at radius 1 is 0.500 bits per heavy atom. The van der Waals surface area contributed by atoms with Gasteiger partial charge in [-0.15, -0.1) is 0 Å². The Hall–Kier alpha value is 1.11. The zero-order valence-corrected chi connectivity index (χ0v) is 5.74. The molecule has 0 aliphatic heterocycles. The second kappa shape index (κ2) is 32.1. The minimum atomic E-state index is 0. The summed E-state index contributed by atoms with van der Waals surface area (Å²) >= 11 is 0. The maximum absolute atomic E-state index is 0. The average Bonchev–Trinajstić information content (AvgIpc) is 0. The Balaban J connectivity index is 0. The van der Waals surface area contributed by atoms with Gasteiger partial charge in [0.1, 0.15) is 0 Å². The summed E-state index contributed by atoms with van der Waals surface area (Å²) in [6, 6.07) is 0. The summed E-state index contributed by atoms with van der Waals surface area (Å²) in [4.78, 5) is 0. The van der Waals surface area contributed by atoms with Crippen LogP contribution in [0.4, 0.5) is 0 Å². The van der Waals surface area contributed by atoms with Crippen LogP contribution in [0.5, 0.6) is 0 Å². The molecule has 0 amide bonds. The van der Waals surface area contributed by atoms with Gasteiger partial charge in [0, 0.05) is 39.9 Å². The predicted molar refractivity (Wildman–Crippen MR) is 0 cm³/mol. The van der Waals surface area contributed by atoms with Gasteiger partial charge in [0.15, 0.2) is 0 Å². The standard InChI is InChI=1S/3FH.Th/h3*1H;/p-3. The molecule has 0 aliphatic rings. The third-order valence-corrected chi connectivity index (χ3v) is 0. The van der Waals surface area contributed by atoms with Gasteiger partial charge >= 0.3 is 0 Å². The molecular formula is F3Th-3. The van der Waals surface area contributed by atoms with Gasteiger partial charge in [-0.2, -0.15) is 0 Å². The summed E-state index contributed by atoms with van der Waals surface area (Å²) in [6.07, 6.45) is 0. The Morgan fingerprint density at radius 2 is 0.500 bits per heavy atom. The van der Waals surface area contributed by atoms with E-state index < -0.39 is 0 Å². The molecule has 0 unspecified atom stereocenters. The van der Waals surface area contributed by atoms with Crippen molar-refractivity contribution in [2.45, 2.75) is 0 Å². The smallest absolute Gasteiger partial charge is 0 e. The number of rotatable bonds is 0. The molecule has 0 nitrogen and oxygen atoms in total. The third-order valence-electron chi connectivity index (χ3n) is 0. The van der Waals surface area contributed by atoms with Crippen molar-refractivity contribution in [3.05, 3.63) is 0 Å². The normalized spacial score (nSPS) is 0. The summed E-state index contributed by atoms with van der Waals surface area (Å²) in [5.41, 5.74) is 0. The van der Waals surface area contributed by atoms with Crippen LogP contribution in [0.2, 0.25) is 0 Å². The van der Waals surface area contributed by atoms with Crippen molar-refractivity contribution in [3.8, 4) is 0 Å². The summed E-state index contributed by atoms with van der Waals surface area (Å²) in [5, 5.41) is 0. The molecule has 0 bridgehead atoms. The Morgan fingerprint density at radius 3 is 0.500 bits per heavy atom. The molecule has 0 fully saturated rings. The maximum Gasteiger partial charge on any atom is 0 e. The van der Waals surface area contributed by atoms with Crippen molar-refractivity contribution in [1.82, 2.24) is 0 Å². The molecule has 0 aromatic carbocycles. The van der Waals surface area contributed by atoms with Crippen LogP contribution in [0.3, 0.4) is 0 Å². The van der Waals surface area contributed by atoms with Crippen LogP contribution >= 0.6 is 0 Å². The maximum atomic E-state index is 0. The van der Waals surface area contributed by atoms with Gasteiger partial charge in [-0.25, -0.2) is 0 Å². The number of halogens is 3. The number of hydrogen-bond acceptors (Lipinski definition) is 0. The van der Waals surface area contributed by atoms with E-state index in [-0.39, 0.29) is 54.1 Å². The van der Waals surface area contributed by atoms with Gasteiger partial charge < -0.3 is 14.1 Å². The Labute approximate surface area is 53.7 Å². The van der Waals surface area contributed by atoms with Crippen LogP contribution in [0, 0.1) is 39.9 Å². The van der Waals surface area contributed by atoms with Gasteiger partial charge in [-0.05, 0) is 0 Å². The van der Waals surface area contributed by atoms with E-state index in [0.29, 0.717) is 0 Å². The minimum absolute atomic E-state index is 0. The first kappa shape index (κ1) is 69.7. The fourth-order valence-corrected chi connectivity index (χ4v) is 0. The van der Waals surface area contributed by atoms with Crippen molar-refractivity contribution in [2.75, 3.05) is 0 Å². The van der Waals surface area contributed by atoms with Crippen molar-refractivity contribution in [1.29, 1.82) is 0 Å². The van der Waals surface area contributed by atoms with Crippen LogP contribution in [-0.2, 0) is 0 Å². The monoisotopic (exact) mass is 289 g/mol. The van der Waals surface area contributed by atoms with Crippen molar-refractivity contribution >= 4 is 0 Å². The molecule has 0 aliphatic carbocycles. The molecule has 4 heteroatoms. The van der Waals surface area contributed by atoms with Gasteiger partial charge in [0.25, 0.3) is 0 Å². The zero-order chi connectivity index (χ0) is 0. The van der Waals surface area contributed by atoms with E-state index in [4.69, 9.17) is 0 Å². The summed E-state index contributed by atoms with van der Waals surface area (Å²) in [6.45, 7) is 0. The first-order chi connectivity index (χ1) is 0. The molecule has 0 aromatic heterocycles. The zero-order valence-electron chi connectivity index (χ0n) is 1.63. The van der Waals surface area contributed by atoms with Crippen LogP contribution in [-0.4, -0.2) is 0 Å². The van der Waals surface area contributed by atoms with Gasteiger partial charge in [-0.1, -0.05) is 0 Å². The van der Waals surface area contributed by atoms with Crippen LogP contribution < -0.4 is 14.1 Å². The van der Waals surface area contributed by atoms with Gasteiger partial charge in [0.2, 0.25) is 0 Å². The topological polar surface area (TPSA) is 0 Å². The summed E-state index contributed by atoms with van der Waals surface area (Å²) < 4.78 is 0.